The predicted molar refractivity (Wildman–Crippen MR) is 89.8 cm³/mol. The van der Waals surface area contributed by atoms with Crippen LogP contribution in [0, 0.1) is 12.3 Å². The minimum Gasteiger partial charge on any atom is -0.395 e. The van der Waals surface area contributed by atoms with Crippen LogP contribution in [0.4, 0.5) is 0 Å². The van der Waals surface area contributed by atoms with Gasteiger partial charge in [-0.25, -0.2) is 4.68 Å². The van der Waals surface area contributed by atoms with Crippen molar-refractivity contribution < 1.29 is 14.7 Å². The summed E-state index contributed by atoms with van der Waals surface area (Å²) in [5, 5.41) is 13.2. The van der Waals surface area contributed by atoms with Crippen LogP contribution in [-0.2, 0) is 16.1 Å². The number of piperidine rings is 1. The lowest BCUT2D eigenvalue weighted by atomic mass is 9.78. The molecule has 1 atom stereocenters. The Morgan fingerprint density at radius 3 is 2.84 bits per heavy atom. The van der Waals surface area contributed by atoms with Crippen LogP contribution in [0.15, 0.2) is 16.9 Å². The number of likely N-dealkylation sites (tertiary alicyclic amines) is 2. The van der Waals surface area contributed by atoms with E-state index < -0.39 is 5.41 Å². The quantitative estimate of drug-likeness (QED) is 0.783. The average molecular weight is 348 g/mol. The first kappa shape index (κ1) is 17.6. The molecular weight excluding hydrogens is 324 g/mol. The van der Waals surface area contributed by atoms with Gasteiger partial charge in [0.1, 0.15) is 6.54 Å². The lowest BCUT2D eigenvalue weighted by Crippen LogP contribution is -2.51. The topological polar surface area (TPSA) is 95.7 Å². The van der Waals surface area contributed by atoms with Crippen molar-refractivity contribution >= 4 is 11.8 Å². The van der Waals surface area contributed by atoms with Crippen molar-refractivity contribution in [3.63, 3.8) is 0 Å². The third-order valence-electron chi connectivity index (χ3n) is 5.19. The highest BCUT2D eigenvalue weighted by Gasteiger charge is 2.49. The third-order valence-corrected chi connectivity index (χ3v) is 5.19. The first-order valence-electron chi connectivity index (χ1n) is 8.68. The number of aryl methyl sites for hydroxylation is 1. The number of hydrogen-bond donors (Lipinski definition) is 1. The molecule has 1 spiro atoms. The summed E-state index contributed by atoms with van der Waals surface area (Å²) in [6, 6.07) is 3.02. The van der Waals surface area contributed by atoms with E-state index in [1.54, 1.807) is 22.8 Å². The molecule has 2 aliphatic rings. The van der Waals surface area contributed by atoms with Crippen LogP contribution in [0.5, 0.6) is 0 Å². The van der Waals surface area contributed by atoms with Crippen LogP contribution in [-0.4, -0.2) is 69.3 Å². The van der Waals surface area contributed by atoms with Crippen LogP contribution < -0.4 is 5.56 Å². The summed E-state index contributed by atoms with van der Waals surface area (Å²) in [5.41, 5.74) is -0.170. The summed E-state index contributed by atoms with van der Waals surface area (Å²) in [6.07, 6.45) is 2.28. The molecule has 3 heterocycles. The Bertz CT molecular complexity index is 730. The fourth-order valence-electron chi connectivity index (χ4n) is 3.84. The summed E-state index contributed by atoms with van der Waals surface area (Å²) >= 11 is 0. The number of nitrogens with zero attached hydrogens (tertiary/aromatic N) is 4. The van der Waals surface area contributed by atoms with Gasteiger partial charge in [0.2, 0.25) is 11.8 Å². The van der Waals surface area contributed by atoms with Crippen molar-refractivity contribution in [3.8, 4) is 0 Å². The van der Waals surface area contributed by atoms with Crippen LogP contribution >= 0.6 is 0 Å². The van der Waals surface area contributed by atoms with E-state index in [1.807, 2.05) is 0 Å². The summed E-state index contributed by atoms with van der Waals surface area (Å²) in [5.74, 6) is -0.155. The van der Waals surface area contributed by atoms with E-state index in [4.69, 9.17) is 5.11 Å². The highest BCUT2D eigenvalue weighted by Crippen LogP contribution is 2.40. The van der Waals surface area contributed by atoms with Gasteiger partial charge in [-0.2, -0.15) is 5.10 Å². The lowest BCUT2D eigenvalue weighted by Gasteiger charge is -2.39. The van der Waals surface area contributed by atoms with Gasteiger partial charge in [0.15, 0.2) is 0 Å². The van der Waals surface area contributed by atoms with E-state index in [2.05, 4.69) is 5.10 Å². The summed E-state index contributed by atoms with van der Waals surface area (Å²) in [6.45, 7) is 3.51. The second-order valence-electron chi connectivity index (χ2n) is 6.94. The second-order valence-corrected chi connectivity index (χ2v) is 6.94. The second kappa shape index (κ2) is 6.95. The molecule has 8 nitrogen and oxygen atoms in total. The summed E-state index contributed by atoms with van der Waals surface area (Å²) in [4.78, 5) is 40.5. The van der Waals surface area contributed by atoms with Gasteiger partial charge in [0, 0.05) is 32.2 Å². The molecule has 2 saturated heterocycles. The highest BCUT2D eigenvalue weighted by molar-refractivity contribution is 5.86. The minimum atomic E-state index is -0.534. The third kappa shape index (κ3) is 3.44. The number of aliphatic hydroxyl groups is 1. The van der Waals surface area contributed by atoms with Crippen molar-refractivity contribution in [2.24, 2.45) is 5.41 Å². The molecule has 0 bridgehead atoms. The van der Waals surface area contributed by atoms with Gasteiger partial charge in [-0.15, -0.1) is 0 Å². The molecule has 0 saturated carbocycles. The molecule has 25 heavy (non-hydrogen) atoms. The van der Waals surface area contributed by atoms with Crippen LogP contribution in [0.1, 0.15) is 25.0 Å². The smallest absolute Gasteiger partial charge is 0.267 e. The molecule has 0 aromatic carbocycles. The van der Waals surface area contributed by atoms with E-state index >= 15 is 0 Å². The molecular formula is C17H24N4O4. The van der Waals surface area contributed by atoms with Gasteiger partial charge in [0.25, 0.3) is 5.56 Å². The molecule has 2 aliphatic heterocycles. The van der Waals surface area contributed by atoms with Gasteiger partial charge in [-0.3, -0.25) is 14.4 Å². The molecule has 0 radical (unpaired) electrons. The standard InChI is InChI=1S/C17H24N4O4/c1-13-3-4-14(23)21(18-13)11-15(24)20-8-6-17(12-20)5-2-7-19(9-10-22)16(17)25/h3-4,22H,2,5-12H2,1H3/t17-/m0/s1. The fraction of sp³-hybridized carbons (Fsp3) is 0.647. The van der Waals surface area contributed by atoms with Crippen LogP contribution in [0.3, 0.4) is 0 Å². The number of carbonyl (C=O) groups excluding carboxylic acids is 2. The van der Waals surface area contributed by atoms with Crippen LogP contribution in [0.2, 0.25) is 0 Å². The molecule has 1 N–H and O–H groups in total. The van der Waals surface area contributed by atoms with Gasteiger partial charge in [-0.05, 0) is 32.3 Å². The fourth-order valence-corrected chi connectivity index (χ4v) is 3.84. The maximum absolute atomic E-state index is 12.8. The molecule has 2 amide bonds. The maximum atomic E-state index is 12.8. The Labute approximate surface area is 146 Å². The van der Waals surface area contributed by atoms with Crippen molar-refractivity contribution in [2.75, 3.05) is 32.8 Å². The lowest BCUT2D eigenvalue weighted by molar-refractivity contribution is -0.146. The number of β-amino-alcohol motifs (C(OH)–C–C–N with tert-alkyl or cyclic N) is 1. The largest absolute Gasteiger partial charge is 0.395 e. The SMILES string of the molecule is Cc1ccc(=O)n(CC(=O)N2CC[C@@]3(CCCN(CCO)C3=O)C2)n1. The number of aromatic nitrogens is 2. The molecule has 8 heteroatoms. The number of amides is 2. The zero-order valence-corrected chi connectivity index (χ0v) is 14.5. The van der Waals surface area contributed by atoms with Gasteiger partial charge in [-0.1, -0.05) is 0 Å². The van der Waals surface area contributed by atoms with Gasteiger partial charge < -0.3 is 14.9 Å². The molecule has 2 fully saturated rings. The summed E-state index contributed by atoms with van der Waals surface area (Å²) in [7, 11) is 0. The first-order valence-corrected chi connectivity index (χ1v) is 8.68. The Kier molecular flexibility index (Phi) is 4.89. The zero-order chi connectivity index (χ0) is 18.0. The average Bonchev–Trinajstić information content (AvgIpc) is 3.01. The van der Waals surface area contributed by atoms with E-state index in [-0.39, 0.29) is 30.5 Å². The van der Waals surface area contributed by atoms with Gasteiger partial charge >= 0.3 is 0 Å². The van der Waals surface area contributed by atoms with E-state index in [0.29, 0.717) is 38.3 Å². The normalized spacial score (nSPS) is 23.5. The number of aliphatic hydroxyl groups excluding tert-OH is 1. The molecule has 1 aromatic heterocycles. The Balaban J connectivity index is 1.69. The molecule has 0 aliphatic carbocycles. The van der Waals surface area contributed by atoms with E-state index in [0.717, 1.165) is 12.8 Å². The number of rotatable bonds is 4. The minimum absolute atomic E-state index is 0.0361. The van der Waals surface area contributed by atoms with Crippen molar-refractivity contribution in [3.05, 3.63) is 28.2 Å². The Morgan fingerprint density at radius 1 is 1.28 bits per heavy atom. The first-order chi connectivity index (χ1) is 11.9. The van der Waals surface area contributed by atoms with Crippen molar-refractivity contribution in [2.45, 2.75) is 32.7 Å². The van der Waals surface area contributed by atoms with Crippen LogP contribution in [0.25, 0.3) is 0 Å². The van der Waals surface area contributed by atoms with Gasteiger partial charge in [0.05, 0.1) is 17.7 Å². The zero-order valence-electron chi connectivity index (χ0n) is 14.5. The number of carbonyl (C=O) groups is 2. The highest BCUT2D eigenvalue weighted by atomic mass is 16.3. The molecule has 3 rings (SSSR count). The molecule has 1 aromatic rings. The molecule has 0 unspecified atom stereocenters. The van der Waals surface area contributed by atoms with Crippen molar-refractivity contribution in [1.29, 1.82) is 0 Å². The summed E-state index contributed by atoms with van der Waals surface area (Å²) < 4.78 is 1.17. The maximum Gasteiger partial charge on any atom is 0.267 e. The van der Waals surface area contributed by atoms with Crippen molar-refractivity contribution in [1.82, 2.24) is 19.6 Å². The molecule has 136 valence electrons. The number of hydrogen-bond acceptors (Lipinski definition) is 5. The van der Waals surface area contributed by atoms with E-state index in [1.165, 1.54) is 10.7 Å². The monoisotopic (exact) mass is 348 g/mol. The Morgan fingerprint density at radius 2 is 2.08 bits per heavy atom. The Hall–Kier alpha value is -2.22. The van der Waals surface area contributed by atoms with E-state index in [9.17, 15) is 14.4 Å². The predicted octanol–water partition coefficient (Wildman–Crippen LogP) is -0.615.